The van der Waals surface area contributed by atoms with Gasteiger partial charge in [0.2, 0.25) is 5.91 Å². The van der Waals surface area contributed by atoms with Gasteiger partial charge in [-0.2, -0.15) is 5.10 Å². The first-order valence-electron chi connectivity index (χ1n) is 8.82. The Morgan fingerprint density at radius 2 is 1.96 bits per heavy atom. The van der Waals surface area contributed by atoms with Crippen LogP contribution in [-0.2, 0) is 4.79 Å². The lowest BCUT2D eigenvalue weighted by molar-refractivity contribution is -0.114. The number of aromatic hydroxyl groups is 1. The maximum atomic E-state index is 11.1. The number of rotatable bonds is 4. The van der Waals surface area contributed by atoms with Gasteiger partial charge in [-0.1, -0.05) is 12.8 Å². The molecular formula is C19H23N3O2. The van der Waals surface area contributed by atoms with Crippen LogP contribution in [0.25, 0.3) is 11.3 Å². The monoisotopic (exact) mass is 325 g/mol. The standard InChI is InChI=1S/C19H23N3O2/c1-12(23)20-14-6-9-16(19(24)10-14)17-11-18(13-4-2-3-5-13)22(21-17)15-7-8-15/h6,9-11,13,15,24H,2-5,7-8H2,1H3,(H,20,23). The van der Waals surface area contributed by atoms with E-state index in [2.05, 4.69) is 16.1 Å². The molecule has 0 aliphatic heterocycles. The number of amides is 1. The highest BCUT2D eigenvalue weighted by atomic mass is 16.3. The van der Waals surface area contributed by atoms with Crippen LogP contribution in [0.1, 0.15) is 63.1 Å². The van der Waals surface area contributed by atoms with E-state index in [9.17, 15) is 9.90 Å². The predicted molar refractivity (Wildman–Crippen MR) is 93.1 cm³/mol. The third-order valence-corrected chi connectivity index (χ3v) is 5.02. The maximum Gasteiger partial charge on any atom is 0.221 e. The van der Waals surface area contributed by atoms with Crippen molar-refractivity contribution in [3.05, 3.63) is 30.0 Å². The largest absolute Gasteiger partial charge is 0.507 e. The summed E-state index contributed by atoms with van der Waals surface area (Å²) < 4.78 is 2.20. The second-order valence-electron chi connectivity index (χ2n) is 7.02. The van der Waals surface area contributed by atoms with E-state index in [-0.39, 0.29) is 11.7 Å². The Hall–Kier alpha value is -2.30. The molecule has 2 N–H and O–H groups in total. The number of carbonyl (C=O) groups is 1. The molecule has 0 bridgehead atoms. The van der Waals surface area contributed by atoms with E-state index in [1.807, 2.05) is 12.1 Å². The lowest BCUT2D eigenvalue weighted by Crippen LogP contribution is -2.05. The van der Waals surface area contributed by atoms with Crippen LogP contribution < -0.4 is 5.32 Å². The number of hydrogen-bond donors (Lipinski definition) is 2. The van der Waals surface area contributed by atoms with Crippen LogP contribution >= 0.6 is 0 Å². The van der Waals surface area contributed by atoms with Crippen LogP contribution in [0.3, 0.4) is 0 Å². The first-order chi connectivity index (χ1) is 11.6. The van der Waals surface area contributed by atoms with Gasteiger partial charge in [0.15, 0.2) is 0 Å². The Morgan fingerprint density at radius 1 is 1.21 bits per heavy atom. The molecule has 2 aliphatic rings. The van der Waals surface area contributed by atoms with Crippen molar-refractivity contribution in [2.45, 2.75) is 57.4 Å². The van der Waals surface area contributed by atoms with Crippen molar-refractivity contribution in [3.63, 3.8) is 0 Å². The minimum Gasteiger partial charge on any atom is -0.507 e. The molecule has 0 radical (unpaired) electrons. The summed E-state index contributed by atoms with van der Waals surface area (Å²) in [6.07, 6.45) is 7.48. The van der Waals surface area contributed by atoms with E-state index in [0.29, 0.717) is 17.6 Å². The van der Waals surface area contributed by atoms with E-state index < -0.39 is 0 Å². The summed E-state index contributed by atoms with van der Waals surface area (Å²) in [5.41, 5.74) is 3.48. The summed E-state index contributed by atoms with van der Waals surface area (Å²) in [6, 6.07) is 7.92. The van der Waals surface area contributed by atoms with Gasteiger partial charge >= 0.3 is 0 Å². The van der Waals surface area contributed by atoms with Crippen LogP contribution in [0.5, 0.6) is 5.75 Å². The van der Waals surface area contributed by atoms with E-state index in [4.69, 9.17) is 5.10 Å². The number of carbonyl (C=O) groups excluding carboxylic acids is 1. The molecule has 2 aromatic rings. The van der Waals surface area contributed by atoms with Gasteiger partial charge in [-0.3, -0.25) is 9.48 Å². The molecule has 1 amide bonds. The molecule has 5 heteroatoms. The zero-order valence-electron chi connectivity index (χ0n) is 14.0. The Balaban J connectivity index is 1.68. The number of anilines is 1. The number of phenolic OH excluding ortho intramolecular Hbond substituents is 1. The summed E-state index contributed by atoms with van der Waals surface area (Å²) >= 11 is 0. The second-order valence-corrected chi connectivity index (χ2v) is 7.02. The molecule has 2 aliphatic carbocycles. The Bertz CT molecular complexity index is 771. The first-order valence-corrected chi connectivity index (χ1v) is 8.82. The number of phenols is 1. The Kier molecular flexibility index (Phi) is 3.79. The fourth-order valence-electron chi connectivity index (χ4n) is 3.71. The molecular weight excluding hydrogens is 302 g/mol. The molecule has 1 heterocycles. The van der Waals surface area contributed by atoms with Crippen LogP contribution in [0.2, 0.25) is 0 Å². The van der Waals surface area contributed by atoms with E-state index in [1.54, 1.807) is 6.07 Å². The van der Waals surface area contributed by atoms with Crippen molar-refractivity contribution in [1.29, 1.82) is 0 Å². The molecule has 4 rings (SSSR count). The zero-order valence-corrected chi connectivity index (χ0v) is 14.0. The Labute approximate surface area is 141 Å². The van der Waals surface area contributed by atoms with Crippen LogP contribution in [0, 0.1) is 0 Å². The van der Waals surface area contributed by atoms with Gasteiger partial charge in [0.25, 0.3) is 0 Å². The fourth-order valence-corrected chi connectivity index (χ4v) is 3.71. The summed E-state index contributed by atoms with van der Waals surface area (Å²) in [5, 5.41) is 17.9. The summed E-state index contributed by atoms with van der Waals surface area (Å²) in [7, 11) is 0. The van der Waals surface area contributed by atoms with Crippen molar-refractivity contribution >= 4 is 11.6 Å². The average Bonchev–Trinajstić information content (AvgIpc) is 3.07. The van der Waals surface area contributed by atoms with Gasteiger partial charge in [0, 0.05) is 35.9 Å². The second kappa shape index (κ2) is 5.96. The normalized spacial score (nSPS) is 18.0. The van der Waals surface area contributed by atoms with Crippen molar-refractivity contribution in [2.75, 3.05) is 5.32 Å². The lowest BCUT2D eigenvalue weighted by atomic mass is 10.0. The van der Waals surface area contributed by atoms with E-state index in [0.717, 1.165) is 11.3 Å². The summed E-state index contributed by atoms with van der Waals surface area (Å²) in [6.45, 7) is 1.45. The maximum absolute atomic E-state index is 11.1. The van der Waals surface area contributed by atoms with Gasteiger partial charge < -0.3 is 10.4 Å². The molecule has 0 spiro atoms. The van der Waals surface area contributed by atoms with Crippen LogP contribution in [0.15, 0.2) is 24.3 Å². The minimum atomic E-state index is -0.149. The SMILES string of the molecule is CC(=O)Nc1ccc(-c2cc(C3CCCC3)n(C3CC3)n2)c(O)c1. The summed E-state index contributed by atoms with van der Waals surface area (Å²) in [5.74, 6) is 0.607. The number of benzene rings is 1. The van der Waals surface area contributed by atoms with Crippen molar-refractivity contribution in [1.82, 2.24) is 9.78 Å². The first kappa shape index (κ1) is 15.2. The topological polar surface area (TPSA) is 67.2 Å². The van der Waals surface area contributed by atoms with Gasteiger partial charge in [-0.05, 0) is 43.9 Å². The van der Waals surface area contributed by atoms with Crippen LogP contribution in [0.4, 0.5) is 5.69 Å². The molecule has 0 unspecified atom stereocenters. The number of aromatic nitrogens is 2. The van der Waals surface area contributed by atoms with Gasteiger partial charge in [-0.15, -0.1) is 0 Å². The van der Waals surface area contributed by atoms with Crippen molar-refractivity contribution < 1.29 is 9.90 Å². The smallest absolute Gasteiger partial charge is 0.221 e. The lowest BCUT2D eigenvalue weighted by Gasteiger charge is -2.11. The molecule has 2 saturated carbocycles. The van der Waals surface area contributed by atoms with Gasteiger partial charge in [0.1, 0.15) is 5.75 Å². The molecule has 2 fully saturated rings. The van der Waals surface area contributed by atoms with Crippen molar-refractivity contribution in [3.8, 4) is 17.0 Å². The predicted octanol–water partition coefficient (Wildman–Crippen LogP) is 4.21. The number of nitrogens with zero attached hydrogens (tertiary/aromatic N) is 2. The average molecular weight is 325 g/mol. The van der Waals surface area contributed by atoms with Crippen LogP contribution in [-0.4, -0.2) is 20.8 Å². The Morgan fingerprint density at radius 3 is 2.58 bits per heavy atom. The molecule has 0 saturated heterocycles. The molecule has 1 aromatic carbocycles. The van der Waals surface area contributed by atoms with E-state index in [1.165, 1.54) is 51.1 Å². The third kappa shape index (κ3) is 2.90. The van der Waals surface area contributed by atoms with E-state index >= 15 is 0 Å². The molecule has 1 aromatic heterocycles. The number of nitrogens with one attached hydrogen (secondary N) is 1. The molecule has 126 valence electrons. The van der Waals surface area contributed by atoms with Crippen molar-refractivity contribution in [2.24, 2.45) is 0 Å². The fraction of sp³-hybridized carbons (Fsp3) is 0.474. The highest BCUT2D eigenvalue weighted by molar-refractivity contribution is 5.89. The quantitative estimate of drug-likeness (QED) is 0.885. The molecule has 0 atom stereocenters. The van der Waals surface area contributed by atoms with Gasteiger partial charge in [-0.25, -0.2) is 0 Å². The molecule has 5 nitrogen and oxygen atoms in total. The highest BCUT2D eigenvalue weighted by Crippen LogP contribution is 2.43. The highest BCUT2D eigenvalue weighted by Gasteiger charge is 2.31. The third-order valence-electron chi connectivity index (χ3n) is 5.02. The number of hydrogen-bond acceptors (Lipinski definition) is 3. The van der Waals surface area contributed by atoms with Gasteiger partial charge in [0.05, 0.1) is 11.7 Å². The zero-order chi connectivity index (χ0) is 16.7. The molecule has 24 heavy (non-hydrogen) atoms. The summed E-state index contributed by atoms with van der Waals surface area (Å²) in [4.78, 5) is 11.1. The minimum absolute atomic E-state index is 0.149.